The van der Waals surface area contributed by atoms with Crippen molar-refractivity contribution in [2.24, 2.45) is 0 Å². The second-order valence-electron chi connectivity index (χ2n) is 5.52. The lowest BCUT2D eigenvalue weighted by Crippen LogP contribution is -2.36. The molecule has 3 rings (SSSR count). The van der Waals surface area contributed by atoms with Gasteiger partial charge in [0.05, 0.1) is 11.9 Å². The Morgan fingerprint density at radius 1 is 1.28 bits per heavy atom. The molecule has 1 aromatic carbocycles. The predicted octanol–water partition coefficient (Wildman–Crippen LogP) is 2.10. The van der Waals surface area contributed by atoms with E-state index in [1.165, 1.54) is 17.1 Å². The SMILES string of the molecule is CCN(CC)C(=O)Cn1cnc2c(cnn2-c2cccc(Cl)c2)c1=O. The first-order chi connectivity index (χ1) is 12.0. The standard InChI is InChI=1S/C17H18ClN5O2/c1-3-21(4-2)15(24)10-22-11-19-16-14(17(22)25)9-20-23(16)13-7-5-6-12(18)8-13/h5-9,11H,3-4,10H2,1-2H3. The highest BCUT2D eigenvalue weighted by molar-refractivity contribution is 6.30. The van der Waals surface area contributed by atoms with Gasteiger partial charge < -0.3 is 4.90 Å². The summed E-state index contributed by atoms with van der Waals surface area (Å²) in [5.74, 6) is -0.115. The van der Waals surface area contributed by atoms with Crippen molar-refractivity contribution in [2.75, 3.05) is 13.1 Å². The molecule has 0 fully saturated rings. The molecule has 0 bridgehead atoms. The molecule has 2 heterocycles. The third-order valence-electron chi connectivity index (χ3n) is 4.03. The first kappa shape index (κ1) is 17.2. The zero-order valence-corrected chi connectivity index (χ0v) is 14.8. The molecule has 2 aromatic heterocycles. The van der Waals surface area contributed by atoms with Gasteiger partial charge >= 0.3 is 0 Å². The number of carbonyl (C=O) groups excluding carboxylic acids is 1. The van der Waals surface area contributed by atoms with E-state index < -0.39 is 0 Å². The summed E-state index contributed by atoms with van der Waals surface area (Å²) in [6.07, 6.45) is 2.85. The minimum absolute atomic E-state index is 0.0359. The summed E-state index contributed by atoms with van der Waals surface area (Å²) in [6, 6.07) is 7.13. The van der Waals surface area contributed by atoms with Gasteiger partial charge in [-0.25, -0.2) is 9.67 Å². The average molecular weight is 360 g/mol. The van der Waals surface area contributed by atoms with Gasteiger partial charge in [-0.1, -0.05) is 17.7 Å². The molecule has 0 aliphatic carbocycles. The van der Waals surface area contributed by atoms with Gasteiger partial charge in [-0.15, -0.1) is 0 Å². The molecular weight excluding hydrogens is 342 g/mol. The monoisotopic (exact) mass is 359 g/mol. The molecule has 7 nitrogen and oxygen atoms in total. The van der Waals surface area contributed by atoms with Gasteiger partial charge in [-0.2, -0.15) is 5.10 Å². The zero-order valence-electron chi connectivity index (χ0n) is 14.0. The van der Waals surface area contributed by atoms with Crippen LogP contribution in [0.3, 0.4) is 0 Å². The van der Waals surface area contributed by atoms with Crippen molar-refractivity contribution in [1.29, 1.82) is 0 Å². The molecule has 0 aliphatic rings. The van der Waals surface area contributed by atoms with Gasteiger partial charge in [0.15, 0.2) is 5.65 Å². The number of hydrogen-bond acceptors (Lipinski definition) is 4. The Morgan fingerprint density at radius 3 is 2.72 bits per heavy atom. The summed E-state index contributed by atoms with van der Waals surface area (Å²) in [5.41, 5.74) is 0.851. The summed E-state index contributed by atoms with van der Waals surface area (Å²) >= 11 is 6.01. The topological polar surface area (TPSA) is 73.0 Å². The second kappa shape index (κ2) is 7.06. The Bertz CT molecular complexity index is 975. The van der Waals surface area contributed by atoms with Crippen molar-refractivity contribution in [3.05, 3.63) is 52.2 Å². The molecule has 0 atom stereocenters. The second-order valence-corrected chi connectivity index (χ2v) is 5.95. The summed E-state index contributed by atoms with van der Waals surface area (Å²) < 4.78 is 2.87. The Hall–Kier alpha value is -2.67. The fourth-order valence-electron chi connectivity index (χ4n) is 2.68. The Balaban J connectivity index is 2.00. The van der Waals surface area contributed by atoms with Crippen molar-refractivity contribution in [2.45, 2.75) is 20.4 Å². The van der Waals surface area contributed by atoms with E-state index in [9.17, 15) is 9.59 Å². The zero-order chi connectivity index (χ0) is 18.0. The Morgan fingerprint density at radius 2 is 2.04 bits per heavy atom. The van der Waals surface area contributed by atoms with Crippen LogP contribution in [-0.2, 0) is 11.3 Å². The van der Waals surface area contributed by atoms with E-state index in [2.05, 4.69) is 10.1 Å². The van der Waals surface area contributed by atoms with Crippen LogP contribution in [0, 0.1) is 0 Å². The minimum atomic E-state index is -0.293. The largest absolute Gasteiger partial charge is 0.342 e. The lowest BCUT2D eigenvalue weighted by atomic mass is 10.3. The number of fused-ring (bicyclic) bond motifs is 1. The van der Waals surface area contributed by atoms with Crippen LogP contribution in [-0.4, -0.2) is 43.2 Å². The number of hydrogen-bond donors (Lipinski definition) is 0. The molecule has 0 spiro atoms. The number of benzene rings is 1. The number of aromatic nitrogens is 4. The van der Waals surface area contributed by atoms with Crippen LogP contribution >= 0.6 is 11.6 Å². The van der Waals surface area contributed by atoms with Crippen LogP contribution in [0.2, 0.25) is 5.02 Å². The molecule has 0 unspecified atom stereocenters. The summed E-state index contributed by atoms with van der Waals surface area (Å²) in [7, 11) is 0. The Kier molecular flexibility index (Phi) is 4.85. The van der Waals surface area contributed by atoms with E-state index in [0.717, 1.165) is 0 Å². The number of halogens is 1. The molecule has 0 saturated heterocycles. The number of nitrogens with zero attached hydrogens (tertiary/aromatic N) is 5. The first-order valence-corrected chi connectivity index (χ1v) is 8.39. The maximum atomic E-state index is 12.6. The first-order valence-electron chi connectivity index (χ1n) is 8.02. The molecule has 8 heteroatoms. The number of likely N-dealkylation sites (N-methyl/N-ethyl adjacent to an activating group) is 1. The van der Waals surface area contributed by atoms with Crippen molar-refractivity contribution in [3.63, 3.8) is 0 Å². The quantitative estimate of drug-likeness (QED) is 0.699. The summed E-state index contributed by atoms with van der Waals surface area (Å²) in [4.78, 5) is 30.9. The van der Waals surface area contributed by atoms with E-state index in [-0.39, 0.29) is 18.0 Å². The number of amides is 1. The maximum Gasteiger partial charge on any atom is 0.264 e. The molecule has 0 saturated carbocycles. The normalized spacial score (nSPS) is 11.0. The van der Waals surface area contributed by atoms with E-state index in [1.54, 1.807) is 27.8 Å². The third kappa shape index (κ3) is 3.28. The predicted molar refractivity (Wildman–Crippen MR) is 96.1 cm³/mol. The van der Waals surface area contributed by atoms with Gasteiger partial charge in [0, 0.05) is 18.1 Å². The van der Waals surface area contributed by atoms with Crippen LogP contribution in [0.15, 0.2) is 41.6 Å². The van der Waals surface area contributed by atoms with E-state index in [1.807, 2.05) is 19.9 Å². The number of rotatable bonds is 5. The van der Waals surface area contributed by atoms with Crippen molar-refractivity contribution in [1.82, 2.24) is 24.2 Å². The highest BCUT2D eigenvalue weighted by Gasteiger charge is 2.15. The molecule has 25 heavy (non-hydrogen) atoms. The highest BCUT2D eigenvalue weighted by atomic mass is 35.5. The van der Waals surface area contributed by atoms with Crippen LogP contribution in [0.4, 0.5) is 0 Å². The Labute approximate surface area is 149 Å². The maximum absolute atomic E-state index is 12.6. The van der Waals surface area contributed by atoms with Gasteiger partial charge in [0.25, 0.3) is 5.56 Å². The van der Waals surface area contributed by atoms with E-state index in [0.29, 0.717) is 34.8 Å². The fourth-order valence-corrected chi connectivity index (χ4v) is 2.86. The van der Waals surface area contributed by atoms with E-state index in [4.69, 9.17) is 11.6 Å². The summed E-state index contributed by atoms with van der Waals surface area (Å²) in [6.45, 7) is 4.98. The molecule has 0 aliphatic heterocycles. The van der Waals surface area contributed by atoms with Crippen LogP contribution < -0.4 is 5.56 Å². The van der Waals surface area contributed by atoms with Crippen molar-refractivity contribution in [3.8, 4) is 5.69 Å². The van der Waals surface area contributed by atoms with Crippen LogP contribution in [0.5, 0.6) is 0 Å². The third-order valence-corrected chi connectivity index (χ3v) is 4.26. The number of carbonyl (C=O) groups is 1. The van der Waals surface area contributed by atoms with Crippen molar-refractivity contribution < 1.29 is 4.79 Å². The minimum Gasteiger partial charge on any atom is -0.342 e. The van der Waals surface area contributed by atoms with Crippen LogP contribution in [0.1, 0.15) is 13.8 Å². The van der Waals surface area contributed by atoms with Gasteiger partial charge in [-0.3, -0.25) is 14.2 Å². The molecule has 0 radical (unpaired) electrons. The lowest BCUT2D eigenvalue weighted by molar-refractivity contribution is -0.131. The van der Waals surface area contributed by atoms with Gasteiger partial charge in [0.1, 0.15) is 18.3 Å². The average Bonchev–Trinajstić information content (AvgIpc) is 3.03. The lowest BCUT2D eigenvalue weighted by Gasteiger charge is -2.18. The fraction of sp³-hybridized carbons (Fsp3) is 0.294. The molecule has 0 N–H and O–H groups in total. The smallest absolute Gasteiger partial charge is 0.264 e. The van der Waals surface area contributed by atoms with Gasteiger partial charge in [0.2, 0.25) is 5.91 Å². The van der Waals surface area contributed by atoms with Crippen LogP contribution in [0.25, 0.3) is 16.7 Å². The highest BCUT2D eigenvalue weighted by Crippen LogP contribution is 2.17. The van der Waals surface area contributed by atoms with Crippen molar-refractivity contribution >= 4 is 28.5 Å². The summed E-state index contributed by atoms with van der Waals surface area (Å²) in [5, 5.41) is 5.17. The molecule has 130 valence electrons. The molecule has 3 aromatic rings. The van der Waals surface area contributed by atoms with E-state index >= 15 is 0 Å². The molecular formula is C17H18ClN5O2. The molecule has 1 amide bonds. The van der Waals surface area contributed by atoms with Gasteiger partial charge in [-0.05, 0) is 32.0 Å².